The molecule has 0 spiro atoms. The van der Waals surface area contributed by atoms with Gasteiger partial charge in [-0.05, 0) is 31.2 Å². The van der Waals surface area contributed by atoms with Crippen molar-refractivity contribution in [3.05, 3.63) is 48.9 Å². The van der Waals surface area contributed by atoms with Gasteiger partial charge in [0.1, 0.15) is 11.6 Å². The van der Waals surface area contributed by atoms with E-state index in [-0.39, 0.29) is 5.56 Å². The number of hydrogen-bond acceptors (Lipinski definition) is 6. The lowest BCUT2D eigenvalue weighted by molar-refractivity contribution is -0.131. The Morgan fingerprint density at radius 2 is 2.23 bits per heavy atom. The first-order valence-corrected chi connectivity index (χ1v) is 7.91. The molecule has 0 saturated carbocycles. The van der Waals surface area contributed by atoms with Crippen LogP contribution in [-0.2, 0) is 4.79 Å². The molecule has 3 rings (SSSR count). The molecule has 0 radical (unpaired) electrons. The molecule has 6 nitrogen and oxygen atoms in total. The zero-order chi connectivity index (χ0) is 15.9. The Hall–Kier alpha value is -2.06. The highest BCUT2D eigenvalue weighted by molar-refractivity contribution is 9.10. The van der Waals surface area contributed by atoms with Crippen LogP contribution in [0.2, 0.25) is 0 Å². The zero-order valence-electron chi connectivity index (χ0n) is 11.7. The summed E-state index contributed by atoms with van der Waals surface area (Å²) in [5.74, 6) is 0.529. The van der Waals surface area contributed by atoms with E-state index < -0.39 is 5.97 Å². The van der Waals surface area contributed by atoms with E-state index in [4.69, 9.17) is 4.74 Å². The number of esters is 1. The lowest BCUT2D eigenvalue weighted by atomic mass is 10.2. The number of ether oxygens (including phenoxy) is 1. The summed E-state index contributed by atoms with van der Waals surface area (Å²) in [7, 11) is 0. The third kappa shape index (κ3) is 2.79. The normalized spacial score (nSPS) is 12.0. The van der Waals surface area contributed by atoms with Crippen LogP contribution in [0, 0.1) is 6.92 Å². The molecule has 0 aliphatic heterocycles. The third-order valence-electron chi connectivity index (χ3n) is 2.80. The van der Waals surface area contributed by atoms with Crippen LogP contribution in [0.15, 0.2) is 27.5 Å². The minimum atomic E-state index is -0.419. The molecule has 2 heterocycles. The lowest BCUT2D eigenvalue weighted by Crippen LogP contribution is -2.23. The van der Waals surface area contributed by atoms with Gasteiger partial charge in [0.05, 0.1) is 4.53 Å². The number of benzene rings is 1. The highest BCUT2D eigenvalue weighted by atomic mass is 79.9. The second-order valence-corrected chi connectivity index (χ2v) is 6.47. The minimum absolute atomic E-state index is 0.241. The van der Waals surface area contributed by atoms with Crippen molar-refractivity contribution in [2.75, 3.05) is 0 Å². The number of carbonyl (C=O) groups is 1. The van der Waals surface area contributed by atoms with Gasteiger partial charge < -0.3 is 4.74 Å². The first-order valence-electron chi connectivity index (χ1n) is 6.30. The van der Waals surface area contributed by atoms with Gasteiger partial charge >= 0.3 is 5.97 Å². The van der Waals surface area contributed by atoms with Gasteiger partial charge in [0, 0.05) is 17.0 Å². The Labute approximate surface area is 137 Å². The number of nitrogens with zero attached hydrogens (tertiary/aromatic N) is 3. The van der Waals surface area contributed by atoms with Crippen molar-refractivity contribution >= 4 is 44.3 Å². The fraction of sp³-hybridized carbons (Fsp3) is 0.143. The van der Waals surface area contributed by atoms with E-state index in [0.717, 1.165) is 4.47 Å². The van der Waals surface area contributed by atoms with Gasteiger partial charge in [-0.2, -0.15) is 4.52 Å². The Morgan fingerprint density at radius 3 is 2.91 bits per heavy atom. The summed E-state index contributed by atoms with van der Waals surface area (Å²) < 4.78 is 7.72. The van der Waals surface area contributed by atoms with E-state index in [0.29, 0.717) is 26.6 Å². The van der Waals surface area contributed by atoms with Crippen LogP contribution >= 0.6 is 27.3 Å². The highest BCUT2D eigenvalue weighted by Crippen LogP contribution is 2.24. The summed E-state index contributed by atoms with van der Waals surface area (Å²) in [6, 6.07) is 5.21. The largest absolute Gasteiger partial charge is 0.426 e. The van der Waals surface area contributed by atoms with Crippen molar-refractivity contribution in [3.8, 4) is 5.75 Å². The predicted octanol–water partition coefficient (Wildman–Crippen LogP) is 1.69. The van der Waals surface area contributed by atoms with Crippen molar-refractivity contribution in [2.24, 2.45) is 0 Å². The van der Waals surface area contributed by atoms with Gasteiger partial charge in [-0.3, -0.25) is 9.59 Å². The molecule has 0 fully saturated rings. The molecule has 0 atom stereocenters. The van der Waals surface area contributed by atoms with Gasteiger partial charge in [0.2, 0.25) is 4.96 Å². The summed E-state index contributed by atoms with van der Waals surface area (Å²) in [5.41, 5.74) is 0.386. The topological polar surface area (TPSA) is 73.6 Å². The second-order valence-electron chi connectivity index (χ2n) is 4.54. The van der Waals surface area contributed by atoms with Gasteiger partial charge in [-0.25, -0.2) is 4.98 Å². The molecule has 3 aromatic rings. The van der Waals surface area contributed by atoms with E-state index in [1.54, 1.807) is 31.2 Å². The van der Waals surface area contributed by atoms with Crippen LogP contribution < -0.4 is 14.8 Å². The maximum atomic E-state index is 12.3. The SMILES string of the molecule is CC(=O)Oc1ccc(Br)cc1/C=c1\sc2nc(C)nn2c1=O. The molecule has 112 valence electrons. The van der Waals surface area contributed by atoms with Gasteiger partial charge in [0.25, 0.3) is 5.56 Å². The van der Waals surface area contributed by atoms with E-state index in [2.05, 4.69) is 26.0 Å². The number of fused-ring (bicyclic) bond motifs is 1. The fourth-order valence-corrected chi connectivity index (χ4v) is 3.28. The van der Waals surface area contributed by atoms with E-state index in [9.17, 15) is 9.59 Å². The van der Waals surface area contributed by atoms with Crippen LogP contribution in [0.4, 0.5) is 0 Å². The Bertz CT molecular complexity index is 993. The zero-order valence-corrected chi connectivity index (χ0v) is 14.1. The average Bonchev–Trinajstić information content (AvgIpc) is 2.92. The first-order chi connectivity index (χ1) is 10.4. The molecule has 22 heavy (non-hydrogen) atoms. The minimum Gasteiger partial charge on any atom is -0.426 e. The quantitative estimate of drug-likeness (QED) is 0.500. The molecule has 1 aromatic carbocycles. The standard InChI is InChI=1S/C14H10BrN3O3S/c1-7-16-14-18(17-7)13(20)12(22-14)6-9-5-10(15)3-4-11(9)21-8(2)19/h3-6H,1-2H3/b12-6-. The highest BCUT2D eigenvalue weighted by Gasteiger charge is 2.10. The number of aromatic nitrogens is 3. The van der Waals surface area contributed by atoms with Crippen molar-refractivity contribution in [1.82, 2.24) is 14.6 Å². The monoisotopic (exact) mass is 379 g/mol. The van der Waals surface area contributed by atoms with Crippen molar-refractivity contribution in [1.29, 1.82) is 0 Å². The summed E-state index contributed by atoms with van der Waals surface area (Å²) in [4.78, 5) is 28.2. The van der Waals surface area contributed by atoms with Crippen molar-refractivity contribution in [3.63, 3.8) is 0 Å². The average molecular weight is 380 g/mol. The van der Waals surface area contributed by atoms with Gasteiger partial charge in [-0.1, -0.05) is 27.3 Å². The number of rotatable bonds is 2. The molecule has 0 aliphatic carbocycles. The van der Waals surface area contributed by atoms with Crippen molar-refractivity contribution < 1.29 is 9.53 Å². The maximum Gasteiger partial charge on any atom is 0.308 e. The third-order valence-corrected chi connectivity index (χ3v) is 4.25. The van der Waals surface area contributed by atoms with Crippen LogP contribution in [0.3, 0.4) is 0 Å². The molecule has 0 bridgehead atoms. The summed E-state index contributed by atoms with van der Waals surface area (Å²) in [6.07, 6.45) is 1.67. The maximum absolute atomic E-state index is 12.3. The lowest BCUT2D eigenvalue weighted by Gasteiger charge is -2.05. The van der Waals surface area contributed by atoms with Crippen molar-refractivity contribution in [2.45, 2.75) is 13.8 Å². The number of carbonyl (C=O) groups excluding carboxylic acids is 1. The summed E-state index contributed by atoms with van der Waals surface area (Å²) in [5, 5.41) is 4.05. The van der Waals surface area contributed by atoms with Gasteiger partial charge in [-0.15, -0.1) is 5.10 Å². The Kier molecular flexibility index (Phi) is 3.79. The molecule has 0 saturated heterocycles. The van der Waals surface area contributed by atoms with Crippen LogP contribution in [0.1, 0.15) is 18.3 Å². The van der Waals surface area contributed by atoms with Gasteiger partial charge in [0.15, 0.2) is 0 Å². The molecular formula is C14H10BrN3O3S. The summed E-state index contributed by atoms with van der Waals surface area (Å²) >= 11 is 4.60. The van der Waals surface area contributed by atoms with E-state index in [1.165, 1.54) is 22.8 Å². The Balaban J connectivity index is 2.19. The molecule has 0 aliphatic rings. The Morgan fingerprint density at radius 1 is 1.45 bits per heavy atom. The number of halogens is 1. The smallest absolute Gasteiger partial charge is 0.308 e. The molecule has 0 N–H and O–H groups in total. The predicted molar refractivity (Wildman–Crippen MR) is 86.1 cm³/mol. The first kappa shape index (κ1) is 14.9. The number of hydrogen-bond donors (Lipinski definition) is 0. The molecule has 2 aromatic heterocycles. The molecule has 0 amide bonds. The van der Waals surface area contributed by atoms with E-state index >= 15 is 0 Å². The molecular weight excluding hydrogens is 370 g/mol. The number of aryl methyl sites for hydroxylation is 1. The van der Waals surface area contributed by atoms with E-state index in [1.807, 2.05) is 0 Å². The summed E-state index contributed by atoms with van der Waals surface area (Å²) in [6.45, 7) is 3.06. The second kappa shape index (κ2) is 5.62. The number of thiazole rings is 1. The van der Waals surface area contributed by atoms with Crippen LogP contribution in [0.5, 0.6) is 5.75 Å². The fourth-order valence-electron chi connectivity index (χ4n) is 1.95. The molecule has 0 unspecified atom stereocenters. The molecule has 8 heteroatoms. The van der Waals surface area contributed by atoms with Crippen LogP contribution in [-0.4, -0.2) is 20.6 Å². The van der Waals surface area contributed by atoms with Crippen LogP contribution in [0.25, 0.3) is 11.0 Å².